The lowest BCUT2D eigenvalue weighted by Crippen LogP contribution is -2.12. The SMILES string of the molecule is CCNCc1ccc(-c2cccc(C(F)(F)F)c2)cc1F. The van der Waals surface area contributed by atoms with Crippen LogP contribution in [0.3, 0.4) is 0 Å². The Bertz CT molecular complexity index is 620. The van der Waals surface area contributed by atoms with E-state index in [0.717, 1.165) is 18.7 Å². The standard InChI is InChI=1S/C16H15F4N/c1-2-21-10-13-7-6-12(9-15(13)17)11-4-3-5-14(8-11)16(18,19)20/h3-9,21H,2,10H2,1H3. The van der Waals surface area contributed by atoms with Crippen LogP contribution < -0.4 is 5.32 Å². The Morgan fingerprint density at radius 2 is 1.71 bits per heavy atom. The van der Waals surface area contributed by atoms with E-state index in [1.807, 2.05) is 6.92 Å². The van der Waals surface area contributed by atoms with E-state index in [9.17, 15) is 17.6 Å². The minimum atomic E-state index is -4.40. The van der Waals surface area contributed by atoms with Gasteiger partial charge in [0.05, 0.1) is 5.56 Å². The van der Waals surface area contributed by atoms with Crippen LogP contribution in [0, 0.1) is 5.82 Å². The van der Waals surface area contributed by atoms with Crippen molar-refractivity contribution >= 4 is 0 Å². The summed E-state index contributed by atoms with van der Waals surface area (Å²) in [6, 6.07) is 9.37. The van der Waals surface area contributed by atoms with Crippen LogP contribution in [0.25, 0.3) is 11.1 Å². The Morgan fingerprint density at radius 3 is 2.33 bits per heavy atom. The van der Waals surface area contributed by atoms with E-state index in [0.29, 0.717) is 23.2 Å². The van der Waals surface area contributed by atoms with Gasteiger partial charge in [0.25, 0.3) is 0 Å². The van der Waals surface area contributed by atoms with Crippen molar-refractivity contribution in [1.29, 1.82) is 0 Å². The molecule has 112 valence electrons. The van der Waals surface area contributed by atoms with Crippen molar-refractivity contribution in [2.24, 2.45) is 0 Å². The third-order valence-electron chi connectivity index (χ3n) is 3.14. The first-order valence-corrected chi connectivity index (χ1v) is 6.58. The van der Waals surface area contributed by atoms with Crippen LogP contribution in [-0.2, 0) is 12.7 Å². The van der Waals surface area contributed by atoms with Crippen molar-refractivity contribution in [1.82, 2.24) is 5.32 Å². The molecule has 0 fully saturated rings. The summed E-state index contributed by atoms with van der Waals surface area (Å²) >= 11 is 0. The van der Waals surface area contributed by atoms with Crippen molar-refractivity contribution in [3.05, 3.63) is 59.4 Å². The highest BCUT2D eigenvalue weighted by molar-refractivity contribution is 5.64. The lowest BCUT2D eigenvalue weighted by Gasteiger charge is -2.10. The number of rotatable bonds is 4. The fourth-order valence-electron chi connectivity index (χ4n) is 2.00. The molecule has 0 bridgehead atoms. The maximum atomic E-state index is 13.9. The first kappa shape index (κ1) is 15.5. The Labute approximate surface area is 120 Å². The Kier molecular flexibility index (Phi) is 4.63. The predicted octanol–water partition coefficient (Wildman–Crippen LogP) is 4.62. The van der Waals surface area contributed by atoms with Crippen molar-refractivity contribution < 1.29 is 17.6 Å². The van der Waals surface area contributed by atoms with Crippen molar-refractivity contribution in [3.63, 3.8) is 0 Å². The smallest absolute Gasteiger partial charge is 0.313 e. The number of benzene rings is 2. The molecule has 2 aromatic rings. The average molecular weight is 297 g/mol. The largest absolute Gasteiger partial charge is 0.416 e. The summed E-state index contributed by atoms with van der Waals surface area (Å²) in [5.74, 6) is -0.425. The van der Waals surface area contributed by atoms with Crippen LogP contribution in [0.5, 0.6) is 0 Å². The van der Waals surface area contributed by atoms with Gasteiger partial charge in [-0.05, 0) is 35.9 Å². The van der Waals surface area contributed by atoms with Crippen molar-refractivity contribution in [3.8, 4) is 11.1 Å². The summed E-state index contributed by atoms with van der Waals surface area (Å²) in [6.07, 6.45) is -4.40. The minimum absolute atomic E-state index is 0.346. The fraction of sp³-hybridized carbons (Fsp3) is 0.250. The van der Waals surface area contributed by atoms with E-state index >= 15 is 0 Å². The predicted molar refractivity (Wildman–Crippen MR) is 74.2 cm³/mol. The number of alkyl halides is 3. The summed E-state index contributed by atoms with van der Waals surface area (Å²) in [5, 5.41) is 3.00. The van der Waals surface area contributed by atoms with E-state index in [2.05, 4.69) is 5.32 Å². The number of hydrogen-bond acceptors (Lipinski definition) is 1. The van der Waals surface area contributed by atoms with Gasteiger partial charge in [-0.3, -0.25) is 0 Å². The molecule has 0 spiro atoms. The van der Waals surface area contributed by atoms with E-state index < -0.39 is 17.6 Å². The second-order valence-corrected chi connectivity index (χ2v) is 4.67. The molecule has 0 atom stereocenters. The maximum Gasteiger partial charge on any atom is 0.416 e. The molecule has 0 aliphatic rings. The molecular formula is C16H15F4N. The van der Waals surface area contributed by atoms with Gasteiger partial charge in [-0.1, -0.05) is 31.2 Å². The van der Waals surface area contributed by atoms with Gasteiger partial charge >= 0.3 is 6.18 Å². The minimum Gasteiger partial charge on any atom is -0.313 e. The molecule has 2 rings (SSSR count). The Hall–Kier alpha value is -1.88. The third-order valence-corrected chi connectivity index (χ3v) is 3.14. The molecule has 0 aromatic heterocycles. The number of hydrogen-bond donors (Lipinski definition) is 1. The third kappa shape index (κ3) is 3.82. The Balaban J connectivity index is 2.32. The molecule has 0 unspecified atom stereocenters. The summed E-state index contributed by atoms with van der Waals surface area (Å²) in [7, 11) is 0. The zero-order chi connectivity index (χ0) is 15.5. The molecule has 0 aliphatic carbocycles. The highest BCUT2D eigenvalue weighted by Crippen LogP contribution is 2.32. The van der Waals surface area contributed by atoms with Gasteiger partial charge in [0.15, 0.2) is 0 Å². The normalized spacial score (nSPS) is 11.7. The van der Waals surface area contributed by atoms with Crippen LogP contribution in [0.1, 0.15) is 18.1 Å². The van der Waals surface area contributed by atoms with E-state index in [-0.39, 0.29) is 0 Å². The average Bonchev–Trinajstić information content (AvgIpc) is 2.45. The quantitative estimate of drug-likeness (QED) is 0.812. The summed E-state index contributed by atoms with van der Waals surface area (Å²) in [4.78, 5) is 0. The highest BCUT2D eigenvalue weighted by atomic mass is 19.4. The molecule has 1 N–H and O–H groups in total. The first-order chi connectivity index (χ1) is 9.91. The Morgan fingerprint density at radius 1 is 1.00 bits per heavy atom. The molecule has 0 radical (unpaired) electrons. The lowest BCUT2D eigenvalue weighted by atomic mass is 10.0. The first-order valence-electron chi connectivity index (χ1n) is 6.58. The molecule has 0 heterocycles. The lowest BCUT2D eigenvalue weighted by molar-refractivity contribution is -0.137. The zero-order valence-corrected chi connectivity index (χ0v) is 11.5. The van der Waals surface area contributed by atoms with Gasteiger partial charge in [0, 0.05) is 12.1 Å². The maximum absolute atomic E-state index is 13.9. The molecule has 0 amide bonds. The summed E-state index contributed by atoms with van der Waals surface area (Å²) in [5.41, 5.74) is 0.530. The van der Waals surface area contributed by atoms with Crippen LogP contribution >= 0.6 is 0 Å². The van der Waals surface area contributed by atoms with Gasteiger partial charge in [-0.25, -0.2) is 4.39 Å². The van der Waals surface area contributed by atoms with Crippen molar-refractivity contribution in [2.75, 3.05) is 6.54 Å². The van der Waals surface area contributed by atoms with Crippen molar-refractivity contribution in [2.45, 2.75) is 19.6 Å². The molecule has 5 heteroatoms. The van der Waals surface area contributed by atoms with Crippen LogP contribution in [0.4, 0.5) is 17.6 Å². The highest BCUT2D eigenvalue weighted by Gasteiger charge is 2.30. The van der Waals surface area contributed by atoms with Crippen LogP contribution in [-0.4, -0.2) is 6.54 Å². The number of nitrogens with one attached hydrogen (secondary N) is 1. The van der Waals surface area contributed by atoms with Gasteiger partial charge in [-0.2, -0.15) is 13.2 Å². The van der Waals surface area contributed by atoms with Gasteiger partial charge in [0.1, 0.15) is 5.82 Å². The van der Waals surface area contributed by atoms with Crippen LogP contribution in [0.15, 0.2) is 42.5 Å². The molecule has 1 nitrogen and oxygen atoms in total. The molecule has 0 saturated heterocycles. The van der Waals surface area contributed by atoms with E-state index in [4.69, 9.17) is 0 Å². The van der Waals surface area contributed by atoms with E-state index in [1.54, 1.807) is 12.1 Å². The van der Waals surface area contributed by atoms with Crippen LogP contribution in [0.2, 0.25) is 0 Å². The molecule has 2 aromatic carbocycles. The van der Waals surface area contributed by atoms with Gasteiger partial charge in [-0.15, -0.1) is 0 Å². The molecular weight excluding hydrogens is 282 g/mol. The monoisotopic (exact) mass is 297 g/mol. The molecule has 0 aliphatic heterocycles. The van der Waals surface area contributed by atoms with E-state index in [1.165, 1.54) is 18.2 Å². The molecule has 21 heavy (non-hydrogen) atoms. The zero-order valence-electron chi connectivity index (χ0n) is 11.5. The summed E-state index contributed by atoms with van der Waals surface area (Å²) < 4.78 is 52.0. The second-order valence-electron chi connectivity index (χ2n) is 4.67. The molecule has 0 saturated carbocycles. The van der Waals surface area contributed by atoms with Gasteiger partial charge < -0.3 is 5.32 Å². The second kappa shape index (κ2) is 6.26. The topological polar surface area (TPSA) is 12.0 Å². The summed E-state index contributed by atoms with van der Waals surface area (Å²) in [6.45, 7) is 3.02. The van der Waals surface area contributed by atoms with Gasteiger partial charge in [0.2, 0.25) is 0 Å². The fourth-order valence-corrected chi connectivity index (χ4v) is 2.00. The number of halogens is 4.